The van der Waals surface area contributed by atoms with Gasteiger partial charge in [0.25, 0.3) is 5.91 Å². The van der Waals surface area contributed by atoms with Crippen LogP contribution < -0.4 is 10.0 Å². The number of hydrogen-bond acceptors (Lipinski definition) is 4. The number of amides is 1. The molecule has 0 bridgehead atoms. The van der Waals surface area contributed by atoms with Gasteiger partial charge in [0.05, 0.1) is 11.2 Å². The predicted octanol–water partition coefficient (Wildman–Crippen LogP) is 2.78. The molecule has 140 valence electrons. The van der Waals surface area contributed by atoms with Crippen molar-refractivity contribution in [1.82, 2.24) is 10.0 Å². The molecule has 1 fully saturated rings. The first-order valence-corrected chi connectivity index (χ1v) is 10.3. The number of carbonyl (C=O) groups is 1. The van der Waals surface area contributed by atoms with Crippen LogP contribution in [0, 0.1) is 6.92 Å². The van der Waals surface area contributed by atoms with E-state index in [1.54, 1.807) is 19.3 Å². The highest BCUT2D eigenvalue weighted by Crippen LogP contribution is 2.23. The van der Waals surface area contributed by atoms with Gasteiger partial charge in [-0.1, -0.05) is 6.07 Å². The van der Waals surface area contributed by atoms with E-state index in [1.165, 1.54) is 12.1 Å². The molecule has 1 aromatic carbocycles. The summed E-state index contributed by atoms with van der Waals surface area (Å²) >= 11 is 0. The number of carbonyl (C=O) groups excluding carboxylic acids is 1. The van der Waals surface area contributed by atoms with Crippen LogP contribution in [0.2, 0.25) is 0 Å². The van der Waals surface area contributed by atoms with E-state index in [1.807, 2.05) is 19.1 Å². The lowest BCUT2D eigenvalue weighted by atomic mass is 10.1. The van der Waals surface area contributed by atoms with Crippen molar-refractivity contribution < 1.29 is 17.6 Å². The van der Waals surface area contributed by atoms with Gasteiger partial charge in [-0.3, -0.25) is 4.79 Å². The summed E-state index contributed by atoms with van der Waals surface area (Å²) < 4.78 is 32.7. The molecule has 1 saturated carbocycles. The Bertz CT molecular complexity index is 871. The third-order valence-corrected chi connectivity index (χ3v) is 5.96. The maximum absolute atomic E-state index is 12.6. The van der Waals surface area contributed by atoms with Gasteiger partial charge in [-0.2, -0.15) is 0 Å². The van der Waals surface area contributed by atoms with E-state index in [0.717, 1.165) is 37.0 Å². The van der Waals surface area contributed by atoms with E-state index in [0.29, 0.717) is 5.56 Å². The highest BCUT2D eigenvalue weighted by molar-refractivity contribution is 7.89. The highest BCUT2D eigenvalue weighted by atomic mass is 32.2. The molecular weight excluding hydrogens is 352 g/mol. The molecular formula is C19H24N2O4S. The molecule has 0 spiro atoms. The summed E-state index contributed by atoms with van der Waals surface area (Å²) in [6, 6.07) is 8.37. The average Bonchev–Trinajstić information content (AvgIpc) is 3.23. The summed E-state index contributed by atoms with van der Waals surface area (Å²) in [7, 11) is -3.58. The van der Waals surface area contributed by atoms with Crippen molar-refractivity contribution in [2.75, 3.05) is 0 Å². The molecule has 1 aliphatic rings. The smallest absolute Gasteiger partial charge is 0.251 e. The normalized spacial score (nSPS) is 15.6. The van der Waals surface area contributed by atoms with Crippen molar-refractivity contribution in [3.05, 3.63) is 53.5 Å². The van der Waals surface area contributed by atoms with E-state index in [4.69, 9.17) is 4.42 Å². The summed E-state index contributed by atoms with van der Waals surface area (Å²) in [5, 5.41) is 2.94. The number of aryl methyl sites for hydroxylation is 2. The second-order valence-corrected chi connectivity index (χ2v) is 8.58. The van der Waals surface area contributed by atoms with Crippen LogP contribution >= 0.6 is 0 Å². The maximum Gasteiger partial charge on any atom is 0.251 e. The Labute approximate surface area is 154 Å². The van der Waals surface area contributed by atoms with Gasteiger partial charge in [-0.15, -0.1) is 0 Å². The van der Waals surface area contributed by atoms with Crippen LogP contribution in [-0.2, 0) is 16.4 Å². The Morgan fingerprint density at radius 2 is 2.08 bits per heavy atom. The van der Waals surface area contributed by atoms with Crippen molar-refractivity contribution in [2.45, 2.75) is 56.5 Å². The molecule has 7 heteroatoms. The van der Waals surface area contributed by atoms with Gasteiger partial charge in [0.2, 0.25) is 10.0 Å². The van der Waals surface area contributed by atoms with Gasteiger partial charge in [0, 0.05) is 24.1 Å². The minimum Gasteiger partial charge on any atom is -0.469 e. The lowest BCUT2D eigenvalue weighted by Crippen LogP contribution is -2.33. The van der Waals surface area contributed by atoms with Crippen molar-refractivity contribution in [2.24, 2.45) is 0 Å². The maximum atomic E-state index is 12.6. The monoisotopic (exact) mass is 376 g/mol. The van der Waals surface area contributed by atoms with Crippen LogP contribution in [0.25, 0.3) is 0 Å². The van der Waals surface area contributed by atoms with Gasteiger partial charge in [0.15, 0.2) is 0 Å². The van der Waals surface area contributed by atoms with E-state index in [9.17, 15) is 13.2 Å². The molecule has 6 nitrogen and oxygen atoms in total. The summed E-state index contributed by atoms with van der Waals surface area (Å²) in [4.78, 5) is 12.7. The van der Waals surface area contributed by atoms with Gasteiger partial charge in [-0.05, 0) is 62.9 Å². The summed E-state index contributed by atoms with van der Waals surface area (Å²) in [6.07, 6.45) is 4.83. The molecule has 3 rings (SSSR count). The fraction of sp³-hybridized carbons (Fsp3) is 0.421. The summed E-state index contributed by atoms with van der Waals surface area (Å²) in [5.41, 5.74) is 1.12. The van der Waals surface area contributed by atoms with E-state index >= 15 is 0 Å². The first kappa shape index (κ1) is 18.7. The minimum absolute atomic E-state index is 0.0280. The quantitative estimate of drug-likeness (QED) is 0.741. The third-order valence-electron chi connectivity index (χ3n) is 4.44. The third kappa shape index (κ3) is 4.74. The second-order valence-electron chi connectivity index (χ2n) is 6.86. The van der Waals surface area contributed by atoms with Crippen LogP contribution in [-0.4, -0.2) is 26.4 Å². The molecule has 1 atom stereocenters. The number of hydrogen-bond donors (Lipinski definition) is 2. The Balaban J connectivity index is 1.66. The zero-order chi connectivity index (χ0) is 18.7. The van der Waals surface area contributed by atoms with Gasteiger partial charge in [-0.25, -0.2) is 13.1 Å². The van der Waals surface area contributed by atoms with Gasteiger partial charge in [0.1, 0.15) is 5.76 Å². The molecule has 1 heterocycles. The first-order chi connectivity index (χ1) is 12.3. The van der Waals surface area contributed by atoms with Gasteiger partial charge >= 0.3 is 0 Å². The van der Waals surface area contributed by atoms with Crippen molar-refractivity contribution in [3.63, 3.8) is 0 Å². The van der Waals surface area contributed by atoms with E-state index < -0.39 is 10.0 Å². The van der Waals surface area contributed by atoms with Crippen LogP contribution in [0.1, 0.15) is 47.9 Å². The molecule has 2 aromatic rings. The fourth-order valence-electron chi connectivity index (χ4n) is 2.69. The molecule has 2 N–H and O–H groups in total. The van der Waals surface area contributed by atoms with Crippen LogP contribution in [0.4, 0.5) is 0 Å². The Kier molecular flexibility index (Phi) is 5.48. The molecule has 26 heavy (non-hydrogen) atoms. The SMILES string of the molecule is Cc1ccc(S(=O)(=O)NC2CC2)cc1C(=O)NC(C)CCc1ccco1. The zero-order valence-corrected chi connectivity index (χ0v) is 15.8. The Hall–Kier alpha value is -2.12. The van der Waals surface area contributed by atoms with Crippen LogP contribution in [0.15, 0.2) is 45.9 Å². The van der Waals surface area contributed by atoms with Crippen molar-refractivity contribution in [3.8, 4) is 0 Å². The van der Waals surface area contributed by atoms with Gasteiger partial charge < -0.3 is 9.73 Å². The van der Waals surface area contributed by atoms with E-state index in [-0.39, 0.29) is 22.9 Å². The van der Waals surface area contributed by atoms with Crippen molar-refractivity contribution in [1.29, 1.82) is 0 Å². The number of sulfonamides is 1. The largest absolute Gasteiger partial charge is 0.469 e. The number of rotatable bonds is 8. The second kappa shape index (κ2) is 7.63. The molecule has 1 aliphatic carbocycles. The molecule has 1 unspecified atom stereocenters. The molecule has 0 aliphatic heterocycles. The fourth-order valence-corrected chi connectivity index (χ4v) is 4.02. The molecule has 0 saturated heterocycles. The first-order valence-electron chi connectivity index (χ1n) is 8.81. The zero-order valence-electron chi connectivity index (χ0n) is 15.0. The predicted molar refractivity (Wildman–Crippen MR) is 98.5 cm³/mol. The number of benzene rings is 1. The molecule has 1 amide bonds. The average molecular weight is 376 g/mol. The van der Waals surface area contributed by atoms with Crippen molar-refractivity contribution >= 4 is 15.9 Å². The van der Waals surface area contributed by atoms with Crippen LogP contribution in [0.5, 0.6) is 0 Å². The van der Waals surface area contributed by atoms with Crippen LogP contribution in [0.3, 0.4) is 0 Å². The topological polar surface area (TPSA) is 88.4 Å². The Morgan fingerprint density at radius 1 is 1.31 bits per heavy atom. The lowest BCUT2D eigenvalue weighted by molar-refractivity contribution is 0.0937. The minimum atomic E-state index is -3.58. The Morgan fingerprint density at radius 3 is 2.73 bits per heavy atom. The highest BCUT2D eigenvalue weighted by Gasteiger charge is 2.28. The standard InChI is InChI=1S/C19H24N2O4S/c1-13-5-10-17(26(23,24)21-15-7-8-15)12-18(13)19(22)20-14(2)6-9-16-4-3-11-25-16/h3-5,10-12,14-15,21H,6-9H2,1-2H3,(H,20,22). The summed E-state index contributed by atoms with van der Waals surface area (Å²) in [6.45, 7) is 3.72. The number of furan rings is 1. The summed E-state index contributed by atoms with van der Waals surface area (Å²) in [5.74, 6) is 0.611. The lowest BCUT2D eigenvalue weighted by Gasteiger charge is -2.15. The number of nitrogens with one attached hydrogen (secondary N) is 2. The molecule has 0 radical (unpaired) electrons. The molecule has 1 aromatic heterocycles. The van der Waals surface area contributed by atoms with E-state index in [2.05, 4.69) is 10.0 Å².